The second-order valence-corrected chi connectivity index (χ2v) is 6.04. The van der Waals surface area contributed by atoms with Crippen molar-refractivity contribution in [1.29, 1.82) is 0 Å². The summed E-state index contributed by atoms with van der Waals surface area (Å²) >= 11 is 0. The molecule has 3 aromatic carbocycles. The van der Waals surface area contributed by atoms with Gasteiger partial charge in [-0.1, -0.05) is 43.0 Å². The third-order valence-corrected chi connectivity index (χ3v) is 4.36. The van der Waals surface area contributed by atoms with Crippen LogP contribution in [0.2, 0.25) is 0 Å². The first kappa shape index (κ1) is 17.0. The highest BCUT2D eigenvalue weighted by atomic mass is 19.1. The topological polar surface area (TPSA) is 0 Å². The number of rotatable bonds is 3. The van der Waals surface area contributed by atoms with Crippen molar-refractivity contribution >= 4 is 6.08 Å². The molecule has 0 fully saturated rings. The van der Waals surface area contributed by atoms with Gasteiger partial charge in [0.25, 0.3) is 0 Å². The van der Waals surface area contributed by atoms with E-state index in [1.54, 1.807) is 18.2 Å². The average molecular weight is 338 g/mol. The van der Waals surface area contributed by atoms with Gasteiger partial charge in [0, 0.05) is 11.1 Å². The Morgan fingerprint density at radius 3 is 1.88 bits per heavy atom. The smallest absolute Gasteiger partial charge is 0.131 e. The first-order valence-corrected chi connectivity index (χ1v) is 7.89. The summed E-state index contributed by atoms with van der Waals surface area (Å²) in [5, 5.41) is 0. The van der Waals surface area contributed by atoms with Crippen LogP contribution in [0.1, 0.15) is 16.7 Å². The second-order valence-electron chi connectivity index (χ2n) is 6.04. The van der Waals surface area contributed by atoms with E-state index >= 15 is 0 Å². The second kappa shape index (κ2) is 6.60. The Morgan fingerprint density at radius 1 is 0.720 bits per heavy atom. The molecule has 0 heterocycles. The lowest BCUT2D eigenvalue weighted by molar-refractivity contribution is 0.568. The molecule has 0 N–H and O–H groups in total. The van der Waals surface area contributed by atoms with E-state index in [2.05, 4.69) is 6.58 Å². The summed E-state index contributed by atoms with van der Waals surface area (Å²) in [5.74, 6) is -1.89. The van der Waals surface area contributed by atoms with E-state index in [1.807, 2.05) is 25.1 Å². The Kier molecular flexibility index (Phi) is 4.49. The predicted octanol–water partition coefficient (Wildman–Crippen LogP) is 6.70. The molecule has 0 aliphatic heterocycles. The monoisotopic (exact) mass is 338 g/mol. The van der Waals surface area contributed by atoms with Crippen LogP contribution in [-0.4, -0.2) is 0 Å². The zero-order chi connectivity index (χ0) is 18.1. The van der Waals surface area contributed by atoms with Gasteiger partial charge in [-0.25, -0.2) is 13.2 Å². The van der Waals surface area contributed by atoms with Gasteiger partial charge >= 0.3 is 0 Å². The van der Waals surface area contributed by atoms with Gasteiger partial charge in [0.1, 0.15) is 17.5 Å². The van der Waals surface area contributed by atoms with Crippen LogP contribution in [0.5, 0.6) is 0 Å². The quantitative estimate of drug-likeness (QED) is 0.498. The molecule has 0 radical (unpaired) electrons. The van der Waals surface area contributed by atoms with Gasteiger partial charge in [-0.05, 0) is 59.9 Å². The Morgan fingerprint density at radius 2 is 1.32 bits per heavy atom. The minimum Gasteiger partial charge on any atom is -0.207 e. The van der Waals surface area contributed by atoms with Gasteiger partial charge in [-0.3, -0.25) is 0 Å². The van der Waals surface area contributed by atoms with Crippen molar-refractivity contribution in [2.45, 2.75) is 13.8 Å². The third kappa shape index (κ3) is 3.22. The summed E-state index contributed by atoms with van der Waals surface area (Å²) in [6, 6.07) is 12.8. The molecule has 0 unspecified atom stereocenters. The van der Waals surface area contributed by atoms with E-state index in [0.717, 1.165) is 28.8 Å². The first-order valence-electron chi connectivity index (χ1n) is 7.89. The molecule has 0 aliphatic carbocycles. The van der Waals surface area contributed by atoms with Gasteiger partial charge in [0.05, 0.1) is 0 Å². The summed E-state index contributed by atoms with van der Waals surface area (Å²) in [6.07, 6.45) is 1.75. The third-order valence-electron chi connectivity index (χ3n) is 4.36. The summed E-state index contributed by atoms with van der Waals surface area (Å²) in [5.41, 5.74) is 3.88. The average Bonchev–Trinajstić information content (AvgIpc) is 2.59. The standard InChI is InChI=1S/C22H17F3/c1-4-15-5-7-18(13(2)9-15)16-6-8-19(22(25)10-16)17-11-20(23)14(3)21(24)12-17/h4-12H,1H2,2-3H3. The molecule has 126 valence electrons. The number of benzene rings is 3. The number of aryl methyl sites for hydroxylation is 1. The lowest BCUT2D eigenvalue weighted by Crippen LogP contribution is -1.93. The zero-order valence-corrected chi connectivity index (χ0v) is 14.0. The van der Waals surface area contributed by atoms with Crippen LogP contribution in [0.15, 0.2) is 55.1 Å². The molecule has 0 saturated heterocycles. The Bertz CT molecular complexity index is 948. The number of hydrogen-bond acceptors (Lipinski definition) is 0. The van der Waals surface area contributed by atoms with Crippen molar-refractivity contribution in [1.82, 2.24) is 0 Å². The van der Waals surface area contributed by atoms with Crippen LogP contribution in [0.4, 0.5) is 13.2 Å². The molecular formula is C22H17F3. The molecule has 0 atom stereocenters. The van der Waals surface area contributed by atoms with Crippen molar-refractivity contribution in [3.05, 3.63) is 89.3 Å². The molecule has 0 amide bonds. The molecular weight excluding hydrogens is 321 g/mol. The molecule has 0 nitrogen and oxygen atoms in total. The Balaban J connectivity index is 2.06. The lowest BCUT2D eigenvalue weighted by atomic mass is 9.95. The van der Waals surface area contributed by atoms with Crippen molar-refractivity contribution in [3.63, 3.8) is 0 Å². The molecule has 0 bridgehead atoms. The molecule has 0 saturated carbocycles. The minimum absolute atomic E-state index is 0.0706. The SMILES string of the molecule is C=Cc1ccc(-c2ccc(-c3cc(F)c(C)c(F)c3)c(F)c2)c(C)c1. The van der Waals surface area contributed by atoms with E-state index in [-0.39, 0.29) is 16.7 Å². The van der Waals surface area contributed by atoms with E-state index in [9.17, 15) is 13.2 Å². The maximum absolute atomic E-state index is 14.6. The van der Waals surface area contributed by atoms with Crippen LogP contribution < -0.4 is 0 Å². The van der Waals surface area contributed by atoms with E-state index < -0.39 is 17.5 Å². The van der Waals surface area contributed by atoms with Crippen molar-refractivity contribution in [3.8, 4) is 22.3 Å². The summed E-state index contributed by atoms with van der Waals surface area (Å²) < 4.78 is 42.1. The van der Waals surface area contributed by atoms with Crippen LogP contribution in [0, 0.1) is 31.3 Å². The van der Waals surface area contributed by atoms with Crippen molar-refractivity contribution in [2.75, 3.05) is 0 Å². The van der Waals surface area contributed by atoms with Crippen molar-refractivity contribution < 1.29 is 13.2 Å². The lowest BCUT2D eigenvalue weighted by Gasteiger charge is -2.11. The summed E-state index contributed by atoms with van der Waals surface area (Å²) in [7, 11) is 0. The number of hydrogen-bond donors (Lipinski definition) is 0. The van der Waals surface area contributed by atoms with E-state index in [4.69, 9.17) is 0 Å². The van der Waals surface area contributed by atoms with Crippen LogP contribution in [0.3, 0.4) is 0 Å². The van der Waals surface area contributed by atoms with Crippen LogP contribution >= 0.6 is 0 Å². The van der Waals surface area contributed by atoms with Gasteiger partial charge in [0.15, 0.2) is 0 Å². The summed E-state index contributed by atoms with van der Waals surface area (Å²) in [4.78, 5) is 0. The van der Waals surface area contributed by atoms with Gasteiger partial charge in [-0.2, -0.15) is 0 Å². The minimum atomic E-state index is -0.686. The molecule has 3 heteroatoms. The Hall–Kier alpha value is -2.81. The molecule has 0 aromatic heterocycles. The fourth-order valence-electron chi connectivity index (χ4n) is 2.86. The maximum Gasteiger partial charge on any atom is 0.131 e. The number of halogens is 3. The highest BCUT2D eigenvalue weighted by Crippen LogP contribution is 2.31. The Labute approximate surface area is 145 Å². The zero-order valence-electron chi connectivity index (χ0n) is 14.0. The molecule has 3 rings (SSSR count). The first-order chi connectivity index (χ1) is 11.9. The molecule has 25 heavy (non-hydrogen) atoms. The predicted molar refractivity (Wildman–Crippen MR) is 96.8 cm³/mol. The fraction of sp³-hybridized carbons (Fsp3) is 0.0909. The normalized spacial score (nSPS) is 10.8. The highest BCUT2D eigenvalue weighted by Gasteiger charge is 2.13. The van der Waals surface area contributed by atoms with Crippen LogP contribution in [-0.2, 0) is 0 Å². The molecule has 3 aromatic rings. The van der Waals surface area contributed by atoms with Gasteiger partial charge in [-0.15, -0.1) is 0 Å². The van der Waals surface area contributed by atoms with Crippen LogP contribution in [0.25, 0.3) is 28.3 Å². The fourth-order valence-corrected chi connectivity index (χ4v) is 2.86. The molecule has 0 spiro atoms. The van der Waals surface area contributed by atoms with E-state index in [1.165, 1.54) is 13.0 Å². The van der Waals surface area contributed by atoms with Gasteiger partial charge in [0.2, 0.25) is 0 Å². The van der Waals surface area contributed by atoms with E-state index in [0.29, 0.717) is 5.56 Å². The summed E-state index contributed by atoms with van der Waals surface area (Å²) in [6.45, 7) is 7.03. The largest absolute Gasteiger partial charge is 0.207 e. The highest BCUT2D eigenvalue weighted by molar-refractivity contribution is 5.74. The maximum atomic E-state index is 14.6. The molecule has 0 aliphatic rings. The van der Waals surface area contributed by atoms with Crippen molar-refractivity contribution in [2.24, 2.45) is 0 Å². The van der Waals surface area contributed by atoms with Gasteiger partial charge < -0.3 is 0 Å².